The molecule has 0 unspecified atom stereocenters. The Kier molecular flexibility index (Phi) is 4.95. The van der Waals surface area contributed by atoms with Gasteiger partial charge >= 0.3 is 6.18 Å². The third-order valence-electron chi connectivity index (χ3n) is 5.62. The van der Waals surface area contributed by atoms with Crippen LogP contribution in [0.4, 0.5) is 23.4 Å². The molecule has 1 aliphatic heterocycles. The zero-order chi connectivity index (χ0) is 21.6. The lowest BCUT2D eigenvalue weighted by Crippen LogP contribution is -2.37. The molecule has 0 atom stereocenters. The average Bonchev–Trinajstić information content (AvgIpc) is 3.15. The summed E-state index contributed by atoms with van der Waals surface area (Å²) in [5.41, 5.74) is 1.84. The largest absolute Gasteiger partial charge is 0.453 e. The summed E-state index contributed by atoms with van der Waals surface area (Å²) in [7, 11) is 0. The molecule has 6 nitrogen and oxygen atoms in total. The number of fused-ring (bicyclic) bond motifs is 1. The highest BCUT2D eigenvalue weighted by Gasteiger charge is 2.38. The van der Waals surface area contributed by atoms with Crippen LogP contribution in [0, 0.1) is 25.6 Å². The van der Waals surface area contributed by atoms with Crippen molar-refractivity contribution in [3.8, 4) is 0 Å². The number of ketones is 1. The van der Waals surface area contributed by atoms with Crippen molar-refractivity contribution < 1.29 is 22.4 Å². The van der Waals surface area contributed by atoms with Gasteiger partial charge in [0.25, 0.3) is 5.82 Å². The summed E-state index contributed by atoms with van der Waals surface area (Å²) in [6.07, 6.45) is -3.61. The molecule has 3 aromatic rings. The maximum Gasteiger partial charge on any atom is 0.453 e. The van der Waals surface area contributed by atoms with Gasteiger partial charge in [0.1, 0.15) is 5.82 Å². The average molecular weight is 421 g/mol. The van der Waals surface area contributed by atoms with Crippen LogP contribution in [0.2, 0.25) is 0 Å². The van der Waals surface area contributed by atoms with Gasteiger partial charge in [-0.25, -0.2) is 4.39 Å². The van der Waals surface area contributed by atoms with E-state index in [4.69, 9.17) is 0 Å². The molecule has 1 aromatic carbocycles. The molecule has 1 fully saturated rings. The topological polar surface area (TPSA) is 63.4 Å². The molecule has 10 heteroatoms. The Morgan fingerprint density at radius 3 is 2.27 bits per heavy atom. The van der Waals surface area contributed by atoms with E-state index in [1.165, 1.54) is 24.3 Å². The third kappa shape index (κ3) is 3.50. The van der Waals surface area contributed by atoms with Crippen molar-refractivity contribution in [1.29, 1.82) is 0 Å². The zero-order valence-corrected chi connectivity index (χ0v) is 16.4. The van der Waals surface area contributed by atoms with Crippen LogP contribution in [-0.4, -0.2) is 38.7 Å². The first-order valence-corrected chi connectivity index (χ1v) is 9.51. The highest BCUT2D eigenvalue weighted by Crippen LogP contribution is 2.32. The molecule has 30 heavy (non-hydrogen) atoms. The Morgan fingerprint density at radius 2 is 1.67 bits per heavy atom. The Labute approximate surface area is 169 Å². The van der Waals surface area contributed by atoms with E-state index in [1.54, 1.807) is 13.8 Å². The number of halogens is 4. The predicted molar refractivity (Wildman–Crippen MR) is 101 cm³/mol. The summed E-state index contributed by atoms with van der Waals surface area (Å²) in [5, 5.41) is 11.1. The summed E-state index contributed by atoms with van der Waals surface area (Å²) in [6, 6.07) is 5.45. The van der Waals surface area contributed by atoms with Gasteiger partial charge in [-0.1, -0.05) is 0 Å². The van der Waals surface area contributed by atoms with E-state index in [1.807, 2.05) is 4.90 Å². The van der Waals surface area contributed by atoms with Crippen LogP contribution in [0.25, 0.3) is 5.65 Å². The SMILES string of the molecule is Cc1c(N2CCC(C(=O)c3ccc(F)cc3)CC2)nn2c(C(F)(F)F)nnc2c1C. The van der Waals surface area contributed by atoms with Crippen LogP contribution in [0.3, 0.4) is 0 Å². The lowest BCUT2D eigenvalue weighted by atomic mass is 9.88. The van der Waals surface area contributed by atoms with Crippen LogP contribution in [0.15, 0.2) is 24.3 Å². The minimum absolute atomic E-state index is 0.0517. The normalized spacial score (nSPS) is 15.7. The number of Topliss-reactive ketones (excluding diaryl/α,β-unsaturated/α-hetero) is 1. The van der Waals surface area contributed by atoms with Crippen LogP contribution in [0.1, 0.15) is 40.2 Å². The molecule has 0 radical (unpaired) electrons. The van der Waals surface area contributed by atoms with Crippen molar-refractivity contribution in [2.45, 2.75) is 32.9 Å². The Morgan fingerprint density at radius 1 is 1.03 bits per heavy atom. The van der Waals surface area contributed by atoms with Gasteiger partial charge in [-0.05, 0) is 51.0 Å². The van der Waals surface area contributed by atoms with Gasteiger partial charge in [-0.2, -0.15) is 17.7 Å². The molecule has 0 saturated carbocycles. The smallest absolute Gasteiger partial charge is 0.355 e. The van der Waals surface area contributed by atoms with Crippen LogP contribution in [-0.2, 0) is 6.18 Å². The monoisotopic (exact) mass is 421 g/mol. The molecular formula is C20H19F4N5O. The van der Waals surface area contributed by atoms with E-state index in [0.717, 1.165) is 10.1 Å². The first-order chi connectivity index (χ1) is 14.2. The number of rotatable bonds is 3. The van der Waals surface area contributed by atoms with Crippen molar-refractivity contribution in [3.63, 3.8) is 0 Å². The van der Waals surface area contributed by atoms with Gasteiger partial charge in [-0.15, -0.1) is 15.3 Å². The fraction of sp³-hybridized carbons (Fsp3) is 0.400. The lowest BCUT2D eigenvalue weighted by Gasteiger charge is -2.33. The molecule has 1 aliphatic rings. The number of aryl methyl sites for hydroxylation is 1. The second-order valence-electron chi connectivity index (χ2n) is 7.46. The molecule has 0 amide bonds. The number of hydrogen-bond acceptors (Lipinski definition) is 5. The summed E-state index contributed by atoms with van der Waals surface area (Å²) >= 11 is 0. The highest BCUT2D eigenvalue weighted by molar-refractivity contribution is 5.98. The third-order valence-corrected chi connectivity index (χ3v) is 5.62. The number of aromatic nitrogens is 4. The number of nitrogens with zero attached hydrogens (tertiary/aromatic N) is 5. The van der Waals surface area contributed by atoms with Crippen LogP contribution in [0.5, 0.6) is 0 Å². The van der Waals surface area contributed by atoms with Gasteiger partial charge in [0.15, 0.2) is 17.2 Å². The number of hydrogen-bond donors (Lipinski definition) is 0. The van der Waals surface area contributed by atoms with E-state index >= 15 is 0 Å². The molecule has 158 valence electrons. The summed E-state index contributed by atoms with van der Waals surface area (Å²) in [4.78, 5) is 14.6. The van der Waals surface area contributed by atoms with E-state index < -0.39 is 17.8 Å². The van der Waals surface area contributed by atoms with Crippen molar-refractivity contribution in [1.82, 2.24) is 19.8 Å². The van der Waals surface area contributed by atoms with Gasteiger partial charge in [0, 0.05) is 35.7 Å². The van der Waals surface area contributed by atoms with E-state index in [-0.39, 0.29) is 17.3 Å². The molecule has 0 spiro atoms. The van der Waals surface area contributed by atoms with Crippen molar-refractivity contribution in [3.05, 3.63) is 52.6 Å². The molecule has 1 saturated heterocycles. The second-order valence-corrected chi connectivity index (χ2v) is 7.46. The fourth-order valence-electron chi connectivity index (χ4n) is 3.79. The molecule has 4 rings (SSSR count). The van der Waals surface area contributed by atoms with E-state index in [9.17, 15) is 22.4 Å². The fourth-order valence-corrected chi connectivity index (χ4v) is 3.79. The maximum atomic E-state index is 13.2. The Bertz CT molecular complexity index is 1100. The molecule has 3 heterocycles. The van der Waals surface area contributed by atoms with Crippen LogP contribution >= 0.6 is 0 Å². The van der Waals surface area contributed by atoms with E-state index in [2.05, 4.69) is 15.3 Å². The molecule has 0 N–H and O–H groups in total. The minimum atomic E-state index is -4.67. The van der Waals surface area contributed by atoms with Crippen molar-refractivity contribution in [2.75, 3.05) is 18.0 Å². The highest BCUT2D eigenvalue weighted by atomic mass is 19.4. The summed E-state index contributed by atoms with van der Waals surface area (Å²) < 4.78 is 53.6. The Balaban J connectivity index is 1.58. The standard InChI is InChI=1S/C20H19F4N5O/c1-11-12(2)18(27-29-17(11)25-26-19(29)20(22,23)24)28-9-7-14(8-10-28)16(30)13-3-5-15(21)6-4-13/h3-6,14H,7-10H2,1-2H3. The summed E-state index contributed by atoms with van der Waals surface area (Å²) in [6.45, 7) is 4.42. The van der Waals surface area contributed by atoms with Crippen LogP contribution < -0.4 is 4.90 Å². The second kappa shape index (κ2) is 7.33. The van der Waals surface area contributed by atoms with Crippen molar-refractivity contribution >= 4 is 17.2 Å². The number of alkyl halides is 3. The predicted octanol–water partition coefficient (Wildman–Crippen LogP) is 4.00. The van der Waals surface area contributed by atoms with Gasteiger partial charge in [0.05, 0.1) is 0 Å². The minimum Gasteiger partial charge on any atom is -0.355 e. The van der Waals surface area contributed by atoms with E-state index in [0.29, 0.717) is 42.9 Å². The van der Waals surface area contributed by atoms with Crippen molar-refractivity contribution in [2.24, 2.45) is 5.92 Å². The lowest BCUT2D eigenvalue weighted by molar-refractivity contribution is -0.146. The van der Waals surface area contributed by atoms with Gasteiger partial charge in [0.2, 0.25) is 0 Å². The number of carbonyl (C=O) groups is 1. The Hall–Kier alpha value is -3.04. The van der Waals surface area contributed by atoms with Gasteiger partial charge < -0.3 is 4.90 Å². The first-order valence-electron chi connectivity index (χ1n) is 9.51. The molecule has 2 aromatic heterocycles. The number of piperidine rings is 1. The molecule has 0 bridgehead atoms. The molecular weight excluding hydrogens is 402 g/mol. The summed E-state index contributed by atoms with van der Waals surface area (Å²) in [5.74, 6) is -1.41. The molecule has 0 aliphatic carbocycles. The van der Waals surface area contributed by atoms with Gasteiger partial charge in [-0.3, -0.25) is 4.79 Å². The number of anilines is 1. The maximum absolute atomic E-state index is 13.2. The zero-order valence-electron chi connectivity index (χ0n) is 16.4. The number of benzene rings is 1. The quantitative estimate of drug-likeness (QED) is 0.473. The number of carbonyl (C=O) groups excluding carboxylic acids is 1. The first kappa shape index (κ1) is 20.2.